The van der Waals surface area contributed by atoms with Gasteiger partial charge in [0.15, 0.2) is 0 Å². The van der Waals surface area contributed by atoms with Gasteiger partial charge in [-0.2, -0.15) is 0 Å². The standard InChI is InChI=1S/C16H26N2/c1-15(2,3)14-6-4-13(5-7-14)8-11-18-12-16(17)9-10-16/h4-7,18H,8-12,17H2,1-3H3. The Kier molecular flexibility index (Phi) is 3.79. The smallest absolute Gasteiger partial charge is 0.0282 e. The fraction of sp³-hybridized carbons (Fsp3) is 0.625. The summed E-state index contributed by atoms with van der Waals surface area (Å²) in [7, 11) is 0. The number of hydrogen-bond donors (Lipinski definition) is 2. The van der Waals surface area contributed by atoms with E-state index in [1.165, 1.54) is 24.0 Å². The van der Waals surface area contributed by atoms with Crippen LogP contribution in [0.15, 0.2) is 24.3 Å². The zero-order valence-electron chi connectivity index (χ0n) is 11.9. The second-order valence-electron chi connectivity index (χ2n) is 6.74. The highest BCUT2D eigenvalue weighted by Crippen LogP contribution is 2.30. The monoisotopic (exact) mass is 246 g/mol. The average molecular weight is 246 g/mol. The van der Waals surface area contributed by atoms with Gasteiger partial charge in [0.1, 0.15) is 0 Å². The van der Waals surface area contributed by atoms with Crippen LogP contribution in [0.25, 0.3) is 0 Å². The van der Waals surface area contributed by atoms with Gasteiger partial charge >= 0.3 is 0 Å². The molecule has 0 unspecified atom stereocenters. The number of hydrogen-bond acceptors (Lipinski definition) is 2. The van der Waals surface area contributed by atoms with Crippen LogP contribution in [0.4, 0.5) is 0 Å². The predicted molar refractivity (Wildman–Crippen MR) is 77.9 cm³/mol. The Morgan fingerprint density at radius 3 is 2.28 bits per heavy atom. The van der Waals surface area contributed by atoms with Crippen molar-refractivity contribution in [1.82, 2.24) is 5.32 Å². The first kappa shape index (κ1) is 13.6. The molecule has 0 bridgehead atoms. The third-order valence-electron chi connectivity index (χ3n) is 3.78. The molecule has 2 rings (SSSR count). The maximum absolute atomic E-state index is 6.03. The molecule has 18 heavy (non-hydrogen) atoms. The third-order valence-corrected chi connectivity index (χ3v) is 3.78. The maximum atomic E-state index is 6.03. The van der Waals surface area contributed by atoms with Gasteiger partial charge < -0.3 is 11.1 Å². The van der Waals surface area contributed by atoms with E-state index < -0.39 is 0 Å². The van der Waals surface area contributed by atoms with E-state index in [0.717, 1.165) is 19.5 Å². The summed E-state index contributed by atoms with van der Waals surface area (Å²) in [4.78, 5) is 0. The van der Waals surface area contributed by atoms with Crippen molar-refractivity contribution < 1.29 is 0 Å². The molecule has 0 atom stereocenters. The maximum Gasteiger partial charge on any atom is 0.0282 e. The quantitative estimate of drug-likeness (QED) is 0.784. The van der Waals surface area contributed by atoms with Crippen LogP contribution < -0.4 is 11.1 Å². The Balaban J connectivity index is 1.76. The topological polar surface area (TPSA) is 38.0 Å². The second-order valence-corrected chi connectivity index (χ2v) is 6.74. The highest BCUT2D eigenvalue weighted by Gasteiger charge is 2.37. The second kappa shape index (κ2) is 5.02. The van der Waals surface area contributed by atoms with Gasteiger partial charge in [0.05, 0.1) is 0 Å². The number of nitrogens with one attached hydrogen (secondary N) is 1. The van der Waals surface area contributed by atoms with Gasteiger partial charge in [0.25, 0.3) is 0 Å². The van der Waals surface area contributed by atoms with Crippen molar-refractivity contribution in [3.63, 3.8) is 0 Å². The Bertz CT molecular complexity index is 383. The van der Waals surface area contributed by atoms with E-state index in [2.05, 4.69) is 50.4 Å². The van der Waals surface area contributed by atoms with Crippen LogP contribution in [0, 0.1) is 0 Å². The molecule has 1 aliphatic carbocycles. The predicted octanol–water partition coefficient (Wildman–Crippen LogP) is 2.61. The van der Waals surface area contributed by atoms with Crippen LogP contribution in [0.5, 0.6) is 0 Å². The van der Waals surface area contributed by atoms with Crippen molar-refractivity contribution in [2.45, 2.75) is 51.0 Å². The van der Waals surface area contributed by atoms with Crippen LogP contribution in [0.3, 0.4) is 0 Å². The summed E-state index contributed by atoms with van der Waals surface area (Å²) in [5.41, 5.74) is 9.20. The Labute approximate surface area is 111 Å². The lowest BCUT2D eigenvalue weighted by Gasteiger charge is -2.19. The van der Waals surface area contributed by atoms with E-state index in [0.29, 0.717) is 0 Å². The largest absolute Gasteiger partial charge is 0.324 e. The van der Waals surface area contributed by atoms with Crippen molar-refractivity contribution in [3.05, 3.63) is 35.4 Å². The van der Waals surface area contributed by atoms with Crippen LogP contribution in [0.2, 0.25) is 0 Å². The summed E-state index contributed by atoms with van der Waals surface area (Å²) >= 11 is 0. The van der Waals surface area contributed by atoms with Crippen LogP contribution >= 0.6 is 0 Å². The van der Waals surface area contributed by atoms with Gasteiger partial charge in [-0.05, 0) is 42.3 Å². The molecule has 2 nitrogen and oxygen atoms in total. The molecule has 1 saturated carbocycles. The highest BCUT2D eigenvalue weighted by atomic mass is 15.0. The molecule has 100 valence electrons. The van der Waals surface area contributed by atoms with E-state index in [-0.39, 0.29) is 11.0 Å². The fourth-order valence-electron chi connectivity index (χ4n) is 2.08. The van der Waals surface area contributed by atoms with E-state index in [1.807, 2.05) is 0 Å². The van der Waals surface area contributed by atoms with Crippen molar-refractivity contribution in [3.8, 4) is 0 Å². The zero-order chi connectivity index (χ0) is 13.2. The molecule has 1 aliphatic rings. The lowest BCUT2D eigenvalue weighted by molar-refractivity contribution is 0.570. The van der Waals surface area contributed by atoms with Crippen molar-refractivity contribution in [1.29, 1.82) is 0 Å². The van der Waals surface area contributed by atoms with Gasteiger partial charge in [-0.25, -0.2) is 0 Å². The van der Waals surface area contributed by atoms with Gasteiger partial charge in [-0.1, -0.05) is 45.0 Å². The molecule has 3 N–H and O–H groups in total. The average Bonchev–Trinajstić information content (AvgIpc) is 3.03. The van der Waals surface area contributed by atoms with Crippen LogP contribution in [0.1, 0.15) is 44.7 Å². The molecule has 1 fully saturated rings. The Morgan fingerprint density at radius 2 is 1.78 bits per heavy atom. The van der Waals surface area contributed by atoms with Crippen molar-refractivity contribution >= 4 is 0 Å². The third kappa shape index (κ3) is 3.82. The number of nitrogens with two attached hydrogens (primary N) is 1. The normalized spacial score (nSPS) is 17.8. The zero-order valence-corrected chi connectivity index (χ0v) is 11.9. The van der Waals surface area contributed by atoms with E-state index in [9.17, 15) is 0 Å². The molecule has 0 heterocycles. The van der Waals surface area contributed by atoms with Crippen molar-refractivity contribution in [2.24, 2.45) is 5.73 Å². The molecule has 0 aromatic heterocycles. The van der Waals surface area contributed by atoms with Gasteiger partial charge in [0.2, 0.25) is 0 Å². The summed E-state index contributed by atoms with van der Waals surface area (Å²) in [5.74, 6) is 0. The first-order valence-corrected chi connectivity index (χ1v) is 6.98. The molecular weight excluding hydrogens is 220 g/mol. The minimum Gasteiger partial charge on any atom is -0.324 e. The molecular formula is C16H26N2. The molecule has 1 aromatic rings. The molecule has 0 saturated heterocycles. The summed E-state index contributed by atoms with van der Waals surface area (Å²) in [6.07, 6.45) is 3.45. The van der Waals surface area contributed by atoms with Gasteiger partial charge in [-0.3, -0.25) is 0 Å². The molecule has 0 amide bonds. The Hall–Kier alpha value is -0.860. The summed E-state index contributed by atoms with van der Waals surface area (Å²) in [6, 6.07) is 9.00. The van der Waals surface area contributed by atoms with Crippen LogP contribution in [-0.4, -0.2) is 18.6 Å². The Morgan fingerprint density at radius 1 is 1.17 bits per heavy atom. The van der Waals surface area contributed by atoms with Crippen molar-refractivity contribution in [2.75, 3.05) is 13.1 Å². The lowest BCUT2D eigenvalue weighted by atomic mass is 9.86. The molecule has 1 aromatic carbocycles. The number of rotatable bonds is 5. The molecule has 2 heteroatoms. The van der Waals surface area contributed by atoms with E-state index >= 15 is 0 Å². The molecule has 0 radical (unpaired) electrons. The number of benzene rings is 1. The SMILES string of the molecule is CC(C)(C)c1ccc(CCNCC2(N)CC2)cc1. The highest BCUT2D eigenvalue weighted by molar-refractivity contribution is 5.27. The van der Waals surface area contributed by atoms with Gasteiger partial charge in [-0.15, -0.1) is 0 Å². The lowest BCUT2D eigenvalue weighted by Crippen LogP contribution is -2.36. The summed E-state index contributed by atoms with van der Waals surface area (Å²) < 4.78 is 0. The first-order valence-electron chi connectivity index (χ1n) is 6.98. The first-order chi connectivity index (χ1) is 8.39. The molecule has 0 spiro atoms. The van der Waals surface area contributed by atoms with Crippen LogP contribution in [-0.2, 0) is 11.8 Å². The van der Waals surface area contributed by atoms with Gasteiger partial charge in [0, 0.05) is 12.1 Å². The molecule has 0 aliphatic heterocycles. The fourth-order valence-corrected chi connectivity index (χ4v) is 2.08. The summed E-state index contributed by atoms with van der Waals surface area (Å²) in [6.45, 7) is 8.74. The minimum atomic E-state index is 0.121. The van der Waals surface area contributed by atoms with E-state index in [1.54, 1.807) is 0 Å². The minimum absolute atomic E-state index is 0.121. The van der Waals surface area contributed by atoms with E-state index in [4.69, 9.17) is 5.73 Å². The summed E-state index contributed by atoms with van der Waals surface area (Å²) in [5, 5.41) is 3.46.